The number of fused-ring (bicyclic) bond motifs is 1. The van der Waals surface area contributed by atoms with Crippen LogP contribution in [0.2, 0.25) is 0 Å². The molecule has 0 unspecified atom stereocenters. The minimum absolute atomic E-state index is 0.746. The number of rotatable bonds is 2. The van der Waals surface area contributed by atoms with Crippen LogP contribution in [-0.2, 0) is 0 Å². The first-order valence-electron chi connectivity index (χ1n) is 4.89. The maximum Gasteiger partial charge on any atom is 0.137 e. The van der Waals surface area contributed by atoms with Crippen LogP contribution in [0.15, 0.2) is 18.3 Å². The molecule has 0 radical (unpaired) electrons. The number of nitrogens with zero attached hydrogens (tertiary/aromatic N) is 1. The van der Waals surface area contributed by atoms with Gasteiger partial charge in [0.25, 0.3) is 0 Å². The summed E-state index contributed by atoms with van der Waals surface area (Å²) >= 11 is 0. The molecule has 14 heavy (non-hydrogen) atoms. The third-order valence-corrected chi connectivity index (χ3v) is 2.72. The third kappa shape index (κ3) is 1.16. The zero-order valence-corrected chi connectivity index (χ0v) is 8.08. The first-order chi connectivity index (χ1) is 6.86. The van der Waals surface area contributed by atoms with Gasteiger partial charge < -0.3 is 9.72 Å². The normalized spacial score (nSPS) is 16.1. The second kappa shape index (κ2) is 2.74. The van der Waals surface area contributed by atoms with E-state index in [9.17, 15) is 0 Å². The summed E-state index contributed by atoms with van der Waals surface area (Å²) in [5.41, 5.74) is 2.29. The Bertz CT molecular complexity index is 471. The zero-order chi connectivity index (χ0) is 9.54. The van der Waals surface area contributed by atoms with Crippen LogP contribution in [0.3, 0.4) is 0 Å². The molecule has 0 bridgehead atoms. The summed E-state index contributed by atoms with van der Waals surface area (Å²) in [6.07, 6.45) is 4.36. The highest BCUT2D eigenvalue weighted by Crippen LogP contribution is 2.40. The van der Waals surface area contributed by atoms with Gasteiger partial charge >= 0.3 is 0 Å². The molecule has 0 spiro atoms. The highest BCUT2D eigenvalue weighted by atomic mass is 16.5. The van der Waals surface area contributed by atoms with Crippen LogP contribution < -0.4 is 4.74 Å². The summed E-state index contributed by atoms with van der Waals surface area (Å²) in [7, 11) is 1.66. The van der Waals surface area contributed by atoms with Crippen LogP contribution in [0.1, 0.15) is 24.5 Å². The molecule has 3 nitrogen and oxygen atoms in total. The van der Waals surface area contributed by atoms with E-state index in [2.05, 4.69) is 16.0 Å². The van der Waals surface area contributed by atoms with Gasteiger partial charge in [-0.2, -0.15) is 0 Å². The van der Waals surface area contributed by atoms with Crippen LogP contribution in [0.4, 0.5) is 0 Å². The molecule has 0 atom stereocenters. The van der Waals surface area contributed by atoms with Gasteiger partial charge in [0.15, 0.2) is 0 Å². The fourth-order valence-electron chi connectivity index (χ4n) is 1.74. The predicted octanol–water partition coefficient (Wildman–Crippen LogP) is 2.45. The van der Waals surface area contributed by atoms with E-state index in [1.807, 2.05) is 6.07 Å². The minimum Gasteiger partial charge on any atom is -0.495 e. The maximum atomic E-state index is 5.13. The van der Waals surface area contributed by atoms with Gasteiger partial charge in [0, 0.05) is 11.1 Å². The molecule has 2 heterocycles. The van der Waals surface area contributed by atoms with Crippen molar-refractivity contribution in [3.8, 4) is 5.75 Å². The van der Waals surface area contributed by atoms with E-state index in [0.717, 1.165) is 22.7 Å². The Kier molecular flexibility index (Phi) is 1.54. The molecule has 1 fully saturated rings. The number of aromatic nitrogens is 2. The van der Waals surface area contributed by atoms with Crippen molar-refractivity contribution in [2.75, 3.05) is 7.11 Å². The van der Waals surface area contributed by atoms with Gasteiger partial charge in [-0.25, -0.2) is 4.98 Å². The molecule has 72 valence electrons. The summed E-state index contributed by atoms with van der Waals surface area (Å²) in [5, 5.41) is 1.14. The smallest absolute Gasteiger partial charge is 0.137 e. The Hall–Kier alpha value is -1.51. The quantitative estimate of drug-likeness (QED) is 0.786. The summed E-state index contributed by atoms with van der Waals surface area (Å²) in [5.74, 6) is 1.56. The van der Waals surface area contributed by atoms with E-state index in [4.69, 9.17) is 4.74 Å². The van der Waals surface area contributed by atoms with Gasteiger partial charge in [-0.05, 0) is 30.9 Å². The largest absolute Gasteiger partial charge is 0.495 e. The van der Waals surface area contributed by atoms with E-state index < -0.39 is 0 Å². The molecular formula is C11H12N2O. The van der Waals surface area contributed by atoms with Crippen LogP contribution >= 0.6 is 0 Å². The van der Waals surface area contributed by atoms with Gasteiger partial charge in [-0.3, -0.25) is 0 Å². The van der Waals surface area contributed by atoms with E-state index in [1.54, 1.807) is 13.3 Å². The SMILES string of the molecule is COc1cnc2[nH]c(C3CC3)cc2c1. The van der Waals surface area contributed by atoms with Crippen LogP contribution in [0.25, 0.3) is 11.0 Å². The second-order valence-electron chi connectivity index (χ2n) is 3.81. The fraction of sp³-hybridized carbons (Fsp3) is 0.364. The average Bonchev–Trinajstić information content (AvgIpc) is 2.97. The Morgan fingerprint density at radius 2 is 2.29 bits per heavy atom. The molecule has 0 saturated heterocycles. The van der Waals surface area contributed by atoms with Crippen LogP contribution in [0.5, 0.6) is 5.75 Å². The van der Waals surface area contributed by atoms with E-state index in [1.165, 1.54) is 18.5 Å². The van der Waals surface area contributed by atoms with Crippen LogP contribution in [-0.4, -0.2) is 17.1 Å². The van der Waals surface area contributed by atoms with Gasteiger partial charge in [-0.15, -0.1) is 0 Å². The molecule has 0 amide bonds. The lowest BCUT2D eigenvalue weighted by molar-refractivity contribution is 0.413. The molecule has 1 saturated carbocycles. The molecule has 0 aliphatic heterocycles. The van der Waals surface area contributed by atoms with E-state index in [-0.39, 0.29) is 0 Å². The lowest BCUT2D eigenvalue weighted by Gasteiger charge is -1.96. The molecule has 1 N–H and O–H groups in total. The first kappa shape index (κ1) is 7.85. The fourth-order valence-corrected chi connectivity index (χ4v) is 1.74. The highest BCUT2D eigenvalue weighted by molar-refractivity contribution is 5.78. The zero-order valence-electron chi connectivity index (χ0n) is 8.08. The van der Waals surface area contributed by atoms with Crippen molar-refractivity contribution < 1.29 is 4.74 Å². The summed E-state index contributed by atoms with van der Waals surface area (Å²) in [6.45, 7) is 0. The standard InChI is InChI=1S/C11H12N2O/c1-14-9-4-8-5-10(7-2-3-7)13-11(8)12-6-9/h4-7H,2-3H2,1H3,(H,12,13). The number of pyridine rings is 1. The summed E-state index contributed by atoms with van der Waals surface area (Å²) in [4.78, 5) is 7.64. The number of nitrogens with one attached hydrogen (secondary N) is 1. The number of hydrogen-bond acceptors (Lipinski definition) is 2. The first-order valence-corrected chi connectivity index (χ1v) is 4.89. The van der Waals surface area contributed by atoms with Gasteiger partial charge in [0.1, 0.15) is 11.4 Å². The Morgan fingerprint density at radius 1 is 1.43 bits per heavy atom. The average molecular weight is 188 g/mol. The lowest BCUT2D eigenvalue weighted by Crippen LogP contribution is -1.83. The van der Waals surface area contributed by atoms with E-state index in [0.29, 0.717) is 0 Å². The lowest BCUT2D eigenvalue weighted by atomic mass is 10.2. The molecular weight excluding hydrogens is 176 g/mol. The topological polar surface area (TPSA) is 37.9 Å². The summed E-state index contributed by atoms with van der Waals surface area (Å²) < 4.78 is 5.13. The molecule has 3 rings (SSSR count). The van der Waals surface area contributed by atoms with E-state index >= 15 is 0 Å². The predicted molar refractivity (Wildman–Crippen MR) is 54.6 cm³/mol. The second-order valence-corrected chi connectivity index (χ2v) is 3.81. The van der Waals surface area contributed by atoms with Crippen molar-refractivity contribution in [3.63, 3.8) is 0 Å². The Labute approximate surface area is 82.1 Å². The van der Waals surface area contributed by atoms with Crippen molar-refractivity contribution >= 4 is 11.0 Å². The van der Waals surface area contributed by atoms with Gasteiger partial charge in [0.05, 0.1) is 13.3 Å². The highest BCUT2D eigenvalue weighted by Gasteiger charge is 2.25. The molecule has 3 heteroatoms. The molecule has 1 aliphatic rings. The van der Waals surface area contributed by atoms with Crippen molar-refractivity contribution in [2.45, 2.75) is 18.8 Å². The minimum atomic E-state index is 0.746. The summed E-state index contributed by atoms with van der Waals surface area (Å²) in [6, 6.07) is 4.20. The monoisotopic (exact) mass is 188 g/mol. The molecule has 1 aliphatic carbocycles. The number of hydrogen-bond donors (Lipinski definition) is 1. The van der Waals surface area contributed by atoms with Crippen molar-refractivity contribution in [1.29, 1.82) is 0 Å². The molecule has 2 aromatic heterocycles. The molecule has 0 aromatic carbocycles. The van der Waals surface area contributed by atoms with Crippen molar-refractivity contribution in [3.05, 3.63) is 24.0 Å². The van der Waals surface area contributed by atoms with Crippen LogP contribution in [0, 0.1) is 0 Å². The third-order valence-electron chi connectivity index (χ3n) is 2.72. The van der Waals surface area contributed by atoms with Gasteiger partial charge in [-0.1, -0.05) is 0 Å². The van der Waals surface area contributed by atoms with Crippen molar-refractivity contribution in [2.24, 2.45) is 0 Å². The maximum absolute atomic E-state index is 5.13. The number of ether oxygens (including phenoxy) is 1. The van der Waals surface area contributed by atoms with Gasteiger partial charge in [0.2, 0.25) is 0 Å². The Balaban J connectivity index is 2.12. The number of H-pyrrole nitrogens is 1. The van der Waals surface area contributed by atoms with Crippen molar-refractivity contribution in [1.82, 2.24) is 9.97 Å². The number of methoxy groups -OCH3 is 1. The Morgan fingerprint density at radius 3 is 3.00 bits per heavy atom. The number of aromatic amines is 1. The molecule has 2 aromatic rings.